The largest absolute Gasteiger partial charge is 0.309 e. The zero-order valence-electron chi connectivity index (χ0n) is 93.6. The summed E-state index contributed by atoms with van der Waals surface area (Å²) in [7, 11) is 0. The van der Waals surface area contributed by atoms with Gasteiger partial charge < -0.3 is 13.7 Å². The molecule has 0 radical (unpaired) electrons. The molecule has 0 aliphatic rings. The summed E-state index contributed by atoms with van der Waals surface area (Å²) in [5.41, 5.74) is 38.0. The molecule has 0 aliphatic carbocycles. The van der Waals surface area contributed by atoms with E-state index >= 15 is 0 Å². The predicted molar refractivity (Wildman–Crippen MR) is 599 cm³/mol. The minimum atomic E-state index is -0.393. The summed E-state index contributed by atoms with van der Waals surface area (Å²) in [5, 5.41) is 7.63. The molecule has 17 aromatic rings. The minimum Gasteiger partial charge on any atom is -0.309 e. The zero-order chi connectivity index (χ0) is 103. The minimum absolute atomic E-state index is 0.0105. The summed E-state index contributed by atoms with van der Waals surface area (Å²) in [5.74, 6) is 0. The molecule has 14 aromatic carbocycles. The number of hydrogen-bond acceptors (Lipinski definition) is 0. The first-order valence-electron chi connectivity index (χ1n) is 51.9. The van der Waals surface area contributed by atoms with E-state index in [1.807, 2.05) is 12.1 Å². The molecule has 136 heavy (non-hydrogen) atoms. The monoisotopic (exact) mass is 1800 g/mol. The highest BCUT2D eigenvalue weighted by Gasteiger charge is 2.37. The number of rotatable bonds is 8. The Morgan fingerprint density at radius 3 is 0.706 bits per heavy atom. The van der Waals surface area contributed by atoms with Crippen molar-refractivity contribution in [3.8, 4) is 72.7 Å². The van der Waals surface area contributed by atoms with Gasteiger partial charge in [-0.2, -0.15) is 0 Å². The molecule has 0 spiro atoms. The topological polar surface area (TPSA) is 14.8 Å². The third kappa shape index (κ3) is 19.6. The Hall–Kier alpha value is -11.5. The average molecular weight is 1800 g/mol. The first kappa shape index (κ1) is 93.5. The third-order valence-corrected chi connectivity index (χ3v) is 27.9. The van der Waals surface area contributed by atoms with E-state index in [1.54, 1.807) is 6.92 Å². The van der Waals surface area contributed by atoms with Crippen molar-refractivity contribution in [2.24, 2.45) is 0 Å². The highest BCUT2D eigenvalue weighted by atomic mass is 15.0. The Bertz CT molecular complexity index is 7480. The molecule has 0 aliphatic heterocycles. The van der Waals surface area contributed by atoms with E-state index in [4.69, 9.17) is 5.48 Å². The molecule has 0 saturated carbocycles. The molecule has 17 rings (SSSR count). The number of aromatic nitrogens is 3. The van der Waals surface area contributed by atoms with Gasteiger partial charge in [-0.25, -0.2) is 0 Å². The summed E-state index contributed by atoms with van der Waals surface area (Å²) in [4.78, 5) is 0. The van der Waals surface area contributed by atoms with E-state index in [1.165, 1.54) is 150 Å². The van der Waals surface area contributed by atoms with Gasteiger partial charge in [0.25, 0.3) is 0 Å². The van der Waals surface area contributed by atoms with Gasteiger partial charge >= 0.3 is 0 Å². The van der Waals surface area contributed by atoms with Crippen LogP contribution in [0.4, 0.5) is 0 Å². The van der Waals surface area contributed by atoms with Crippen LogP contribution in [-0.2, 0) is 65.0 Å². The normalized spacial score (nSPS) is 13.6. The van der Waals surface area contributed by atoms with Crippen LogP contribution in [0.25, 0.3) is 138 Å². The van der Waals surface area contributed by atoms with Crippen LogP contribution in [0, 0.1) is 6.92 Å². The van der Waals surface area contributed by atoms with Crippen molar-refractivity contribution in [1.82, 2.24) is 13.7 Å². The first-order valence-corrected chi connectivity index (χ1v) is 49.9. The lowest BCUT2D eigenvalue weighted by atomic mass is 9.73. The predicted octanol–water partition coefficient (Wildman–Crippen LogP) is 38.6. The molecule has 0 atom stereocenters. The van der Waals surface area contributed by atoms with Crippen molar-refractivity contribution < 1.29 is 5.48 Å². The van der Waals surface area contributed by atoms with Crippen molar-refractivity contribution in [3.63, 3.8) is 0 Å². The Morgan fingerprint density at radius 1 is 0.191 bits per heavy atom. The smallest absolute Gasteiger partial charge is 0.0632 e. The summed E-state index contributed by atoms with van der Waals surface area (Å²) in [6, 6.07) is 95.4. The highest BCUT2D eigenvalue weighted by Crippen LogP contribution is 2.54. The fourth-order valence-electron chi connectivity index (χ4n) is 20.3. The number of benzene rings is 14. The SMILES string of the molecule is CC(C)(C)c1cc(-c2ccc3c(c2C(C)(C)C)c2c(-c4ccccc4)cccc2n3-c2cc(C(C)(C)C)cc(C(C)(C)C)c2)cc(C(C)(C)C)c1.CC(C)(C)c1cc(-n2c3cccc(-c4ccccc4)c3c3c(C(C)(C)C)c(C(C)(C)C)ccc32)cc(C(C)(C)C)c1.[2H]c1c([2H])c(C)c([2H])c(-c2ccc3c(c2C(C)(C)C)c2c(-c4ccccc4)cccc2n3-c2cc(C(C)(C)C)cc(C(C)(C)C)c2)c1[2H]. The lowest BCUT2D eigenvalue weighted by Gasteiger charge is -2.31. The van der Waals surface area contributed by atoms with Crippen LogP contribution in [0.2, 0.25) is 0 Å². The highest BCUT2D eigenvalue weighted by molar-refractivity contribution is 6.21. The second kappa shape index (κ2) is 35.2. The summed E-state index contributed by atoms with van der Waals surface area (Å²) >= 11 is 0. The standard InChI is InChI=1S/C50H61N.C43H47N.C40H49N/c1-46(2,3)34-26-33(27-35(28-34)47(4,5)6)40-24-25-42-44(45(40)50(13,14)15)43-39(32-20-17-16-18-21-32)22-19-23-41(43)51(42)38-30-36(48(7,8)9)29-37(31-38)49(10,11)12;1-28-16-14-19-30(24-28)35-22-23-37-39(40(35)43(8,9)10)38-34(29-17-12-11-13-18-29)20-15-21-36(38)44(37)33-26-31(41(2,3)4)25-32(27-33)42(5,6)7;1-37(2,3)27-23-28(38(4,5)6)25-29(24-27)41-32-20-16-19-30(26-17-14-13-15-18-26)34(32)35-33(41)22-21-31(39(7,8)9)36(35)40(10,11)12/h16-31H,1-15H3;11-27H,1-10H3;13-25H,1-12H3/i;14D,16D,19D,24D;. The van der Waals surface area contributed by atoms with E-state index in [0.29, 0.717) is 11.1 Å². The van der Waals surface area contributed by atoms with Crippen LogP contribution in [-0.4, -0.2) is 13.7 Å². The van der Waals surface area contributed by atoms with Gasteiger partial charge in [-0.05, 0) is 267 Å². The molecule has 0 fully saturated rings. The Kier molecular flexibility index (Phi) is 24.2. The second-order valence-electron chi connectivity index (χ2n) is 51.5. The average Bonchev–Trinajstić information content (AvgIpc) is 1.56. The van der Waals surface area contributed by atoms with Crippen LogP contribution in [0.5, 0.6) is 0 Å². The van der Waals surface area contributed by atoms with E-state index in [-0.39, 0.29) is 83.7 Å². The Morgan fingerprint density at radius 2 is 0.441 bits per heavy atom. The lowest BCUT2D eigenvalue weighted by Crippen LogP contribution is -2.22. The van der Waals surface area contributed by atoms with E-state index in [2.05, 4.69) is 506 Å². The van der Waals surface area contributed by atoms with Crippen LogP contribution in [0.15, 0.2) is 279 Å². The van der Waals surface area contributed by atoms with Gasteiger partial charge in [0.2, 0.25) is 0 Å². The van der Waals surface area contributed by atoms with Gasteiger partial charge in [-0.3, -0.25) is 0 Å². The van der Waals surface area contributed by atoms with Crippen molar-refractivity contribution in [2.45, 2.75) is 321 Å². The Balaban J connectivity index is 0.000000160. The molecule has 3 heterocycles. The number of nitrogens with zero attached hydrogens (tertiary/aromatic N) is 3. The maximum atomic E-state index is 9.14. The number of fused-ring (bicyclic) bond motifs is 9. The molecule has 3 aromatic heterocycles. The molecule has 0 bridgehead atoms. The van der Waals surface area contributed by atoms with Gasteiger partial charge in [0.05, 0.1) is 38.6 Å². The van der Waals surface area contributed by atoms with E-state index < -0.39 is 5.41 Å². The number of hydrogen-bond donors (Lipinski definition) is 0. The summed E-state index contributed by atoms with van der Waals surface area (Å²) in [6.45, 7) is 85.2. The van der Waals surface area contributed by atoms with Gasteiger partial charge in [0.1, 0.15) is 0 Å². The maximum absolute atomic E-state index is 9.14. The second-order valence-corrected chi connectivity index (χ2v) is 51.5. The first-order chi connectivity index (χ1) is 64.7. The van der Waals surface area contributed by atoms with Gasteiger partial charge in [-0.15, -0.1) is 0 Å². The Labute approximate surface area is 824 Å². The van der Waals surface area contributed by atoms with E-state index in [0.717, 1.165) is 49.7 Å². The molecule has 0 saturated heterocycles. The summed E-state index contributed by atoms with van der Waals surface area (Å²) < 4.78 is 42.7. The maximum Gasteiger partial charge on any atom is 0.0632 e. The molecule has 0 N–H and O–H groups in total. The lowest BCUT2D eigenvalue weighted by molar-refractivity contribution is 0.535. The summed E-state index contributed by atoms with van der Waals surface area (Å²) in [6.07, 6.45) is 0. The van der Waals surface area contributed by atoms with Crippen molar-refractivity contribution in [3.05, 3.63) is 351 Å². The van der Waals surface area contributed by atoms with Crippen LogP contribution in [0.3, 0.4) is 0 Å². The van der Waals surface area contributed by atoms with Gasteiger partial charge in [0, 0.05) is 49.4 Å². The van der Waals surface area contributed by atoms with Crippen molar-refractivity contribution in [1.29, 1.82) is 0 Å². The van der Waals surface area contributed by atoms with E-state index in [9.17, 15) is 0 Å². The van der Waals surface area contributed by atoms with Gasteiger partial charge in [0.15, 0.2) is 0 Å². The zero-order valence-corrected chi connectivity index (χ0v) is 89.6. The van der Waals surface area contributed by atoms with Crippen molar-refractivity contribution >= 4 is 65.4 Å². The van der Waals surface area contributed by atoms with Crippen LogP contribution in [0.1, 0.15) is 327 Å². The quantitative estimate of drug-likeness (QED) is 0.144. The molecule has 704 valence electrons. The van der Waals surface area contributed by atoms with Crippen LogP contribution >= 0.6 is 0 Å². The fourth-order valence-corrected chi connectivity index (χ4v) is 20.3. The molecular weight excluding hydrogens is 1640 g/mol. The van der Waals surface area contributed by atoms with Crippen LogP contribution < -0.4 is 0 Å². The molecule has 0 unspecified atom stereocenters. The van der Waals surface area contributed by atoms with Crippen molar-refractivity contribution in [2.75, 3.05) is 0 Å². The molecule has 0 amide bonds. The molecular formula is C133H157N3. The third-order valence-electron chi connectivity index (χ3n) is 27.9. The fraction of sp³-hybridized carbons (Fsp3) is 0.368. The van der Waals surface area contributed by atoms with Gasteiger partial charge in [-0.1, -0.05) is 461 Å². The molecule has 3 heteroatoms. The molecule has 3 nitrogen and oxygen atoms in total.